The zero-order valence-corrected chi connectivity index (χ0v) is 22.9. The first-order chi connectivity index (χ1) is 17.7. The summed E-state index contributed by atoms with van der Waals surface area (Å²) in [6.45, 7) is 11.0. The second-order valence-electron chi connectivity index (χ2n) is 10.4. The Hall–Kier alpha value is -2.53. The summed E-state index contributed by atoms with van der Waals surface area (Å²) in [6.07, 6.45) is -0.556. The first-order valence-corrected chi connectivity index (χ1v) is 14.0. The molecule has 3 heterocycles. The molecule has 9 nitrogen and oxygen atoms in total. The number of aryl methyl sites for hydroxylation is 1. The molecule has 1 aromatic carbocycles. The lowest BCUT2D eigenvalue weighted by atomic mass is 9.96. The van der Waals surface area contributed by atoms with E-state index in [2.05, 4.69) is 26.6 Å². The van der Waals surface area contributed by atoms with Gasteiger partial charge in [0.05, 0.1) is 34.8 Å². The zero-order valence-electron chi connectivity index (χ0n) is 22.1. The van der Waals surface area contributed by atoms with Crippen molar-refractivity contribution in [2.75, 3.05) is 44.2 Å². The van der Waals surface area contributed by atoms with Crippen molar-refractivity contribution in [1.29, 1.82) is 0 Å². The number of aliphatic hydroxyl groups is 2. The standard InChI is InChI=1S/C27H39N5O4S/c1-16(2)17(3)27(36)32-13-20(34)12-24(32)26(35)30-22(14-33)21-6-5-19(25-18(4)29-15-37-25)11-23(21)31-9-7-28-8-10-31/h5-6,11,15-17,20,22,24,28,33-34H,7-10,12-14H2,1-4H3,(H,30,35). The largest absolute Gasteiger partial charge is 0.394 e. The van der Waals surface area contributed by atoms with Crippen molar-refractivity contribution in [1.82, 2.24) is 20.5 Å². The smallest absolute Gasteiger partial charge is 0.243 e. The number of amides is 2. The predicted octanol–water partition coefficient (Wildman–Crippen LogP) is 1.93. The van der Waals surface area contributed by atoms with Crippen LogP contribution in [0.1, 0.15) is 44.5 Å². The maximum Gasteiger partial charge on any atom is 0.243 e. The summed E-state index contributed by atoms with van der Waals surface area (Å²) in [5, 5.41) is 27.1. The number of anilines is 1. The number of thiazole rings is 1. The van der Waals surface area contributed by atoms with Crippen LogP contribution < -0.4 is 15.5 Å². The third kappa shape index (κ3) is 5.98. The van der Waals surface area contributed by atoms with E-state index in [0.717, 1.165) is 53.6 Å². The summed E-state index contributed by atoms with van der Waals surface area (Å²) < 4.78 is 0. The summed E-state index contributed by atoms with van der Waals surface area (Å²) in [4.78, 5) is 35.8. The third-order valence-corrected chi connectivity index (χ3v) is 8.60. The van der Waals surface area contributed by atoms with Gasteiger partial charge in [-0.2, -0.15) is 0 Å². The fourth-order valence-electron chi connectivity index (χ4n) is 5.08. The summed E-state index contributed by atoms with van der Waals surface area (Å²) in [5.74, 6) is -0.607. The van der Waals surface area contributed by atoms with E-state index in [0.29, 0.717) is 0 Å². The maximum atomic E-state index is 13.5. The number of carbonyl (C=O) groups excluding carboxylic acids is 2. The molecule has 202 valence electrons. The number of nitrogens with zero attached hydrogens (tertiary/aromatic N) is 3. The molecular weight excluding hydrogens is 490 g/mol. The molecule has 4 unspecified atom stereocenters. The summed E-state index contributed by atoms with van der Waals surface area (Å²) in [5.41, 5.74) is 5.66. The van der Waals surface area contributed by atoms with Crippen LogP contribution >= 0.6 is 11.3 Å². The molecule has 4 rings (SSSR count). The fourth-order valence-corrected chi connectivity index (χ4v) is 5.88. The molecule has 37 heavy (non-hydrogen) atoms. The van der Waals surface area contributed by atoms with Crippen molar-refractivity contribution in [3.63, 3.8) is 0 Å². The van der Waals surface area contributed by atoms with Gasteiger partial charge in [0.15, 0.2) is 0 Å². The van der Waals surface area contributed by atoms with E-state index >= 15 is 0 Å². The van der Waals surface area contributed by atoms with E-state index in [-0.39, 0.29) is 43.2 Å². The Morgan fingerprint density at radius 2 is 1.97 bits per heavy atom. The van der Waals surface area contributed by atoms with Gasteiger partial charge in [0.2, 0.25) is 11.8 Å². The molecule has 0 radical (unpaired) electrons. The van der Waals surface area contributed by atoms with Crippen molar-refractivity contribution >= 4 is 28.8 Å². The average Bonchev–Trinajstić information content (AvgIpc) is 3.51. The highest BCUT2D eigenvalue weighted by atomic mass is 32.1. The molecule has 2 amide bonds. The van der Waals surface area contributed by atoms with Crippen molar-refractivity contribution in [2.45, 2.75) is 52.3 Å². The molecule has 2 aromatic rings. The molecule has 2 saturated heterocycles. The van der Waals surface area contributed by atoms with E-state index < -0.39 is 18.2 Å². The number of piperazine rings is 1. The van der Waals surface area contributed by atoms with Gasteiger partial charge < -0.3 is 30.6 Å². The maximum absolute atomic E-state index is 13.5. The number of nitrogens with one attached hydrogen (secondary N) is 2. The van der Waals surface area contributed by atoms with E-state index in [1.54, 1.807) is 11.3 Å². The van der Waals surface area contributed by atoms with E-state index in [4.69, 9.17) is 0 Å². The van der Waals surface area contributed by atoms with Crippen LogP contribution in [0.25, 0.3) is 10.4 Å². The first-order valence-electron chi connectivity index (χ1n) is 13.1. The molecule has 0 aliphatic carbocycles. The second-order valence-corrected chi connectivity index (χ2v) is 11.3. The molecule has 2 aliphatic heterocycles. The Morgan fingerprint density at radius 1 is 1.24 bits per heavy atom. The lowest BCUT2D eigenvalue weighted by Gasteiger charge is -2.34. The van der Waals surface area contributed by atoms with E-state index in [9.17, 15) is 19.8 Å². The van der Waals surface area contributed by atoms with Crippen molar-refractivity contribution < 1.29 is 19.8 Å². The van der Waals surface area contributed by atoms with Crippen LogP contribution in [0.4, 0.5) is 5.69 Å². The second kappa shape index (κ2) is 11.9. The molecule has 10 heteroatoms. The van der Waals surface area contributed by atoms with Crippen LogP contribution in [0.5, 0.6) is 0 Å². The van der Waals surface area contributed by atoms with Gasteiger partial charge in [0.25, 0.3) is 0 Å². The van der Waals surface area contributed by atoms with Gasteiger partial charge in [0, 0.05) is 56.3 Å². The molecule has 2 fully saturated rings. The van der Waals surface area contributed by atoms with Crippen LogP contribution in [-0.4, -0.2) is 83.4 Å². The van der Waals surface area contributed by atoms with Crippen molar-refractivity contribution in [3.05, 3.63) is 35.0 Å². The molecular formula is C27H39N5O4S. The van der Waals surface area contributed by atoms with Crippen LogP contribution in [0.3, 0.4) is 0 Å². The number of hydrogen-bond donors (Lipinski definition) is 4. The Balaban J connectivity index is 1.61. The van der Waals surface area contributed by atoms with Gasteiger partial charge in [-0.3, -0.25) is 9.59 Å². The third-order valence-electron chi connectivity index (χ3n) is 7.62. The number of benzene rings is 1. The molecule has 0 spiro atoms. The summed E-state index contributed by atoms with van der Waals surface area (Å²) in [6, 6.07) is 4.69. The molecule has 1 aromatic heterocycles. The highest BCUT2D eigenvalue weighted by molar-refractivity contribution is 7.13. The minimum Gasteiger partial charge on any atom is -0.394 e. The fraction of sp³-hybridized carbons (Fsp3) is 0.593. The van der Waals surface area contributed by atoms with E-state index in [1.807, 2.05) is 45.3 Å². The van der Waals surface area contributed by atoms with E-state index in [1.165, 1.54) is 4.90 Å². The summed E-state index contributed by atoms with van der Waals surface area (Å²) in [7, 11) is 0. The van der Waals surface area contributed by atoms with Crippen LogP contribution in [-0.2, 0) is 9.59 Å². The predicted molar refractivity (Wildman–Crippen MR) is 145 cm³/mol. The van der Waals surface area contributed by atoms with Gasteiger partial charge in [-0.1, -0.05) is 32.9 Å². The van der Waals surface area contributed by atoms with Crippen LogP contribution in [0.15, 0.2) is 23.7 Å². The van der Waals surface area contributed by atoms with Gasteiger partial charge >= 0.3 is 0 Å². The normalized spacial score (nSPS) is 21.8. The highest BCUT2D eigenvalue weighted by Gasteiger charge is 2.41. The van der Waals surface area contributed by atoms with Gasteiger partial charge in [-0.25, -0.2) is 4.98 Å². The SMILES string of the molecule is Cc1ncsc1-c1ccc(C(CO)NC(=O)C2CC(O)CN2C(=O)C(C)C(C)C)c(N2CCNCC2)c1. The topological polar surface area (TPSA) is 118 Å². The summed E-state index contributed by atoms with van der Waals surface area (Å²) >= 11 is 1.59. The number of rotatable bonds is 8. The number of β-amino-alcohol motifs (C(OH)–C–C–N with tert-alkyl or cyclic N) is 1. The Bertz CT molecular complexity index is 1100. The Morgan fingerprint density at radius 3 is 2.59 bits per heavy atom. The van der Waals surface area contributed by atoms with Gasteiger partial charge in [-0.05, 0) is 24.5 Å². The average molecular weight is 530 g/mol. The van der Waals surface area contributed by atoms with Gasteiger partial charge in [-0.15, -0.1) is 11.3 Å². The minimum atomic E-state index is -0.764. The number of hydrogen-bond acceptors (Lipinski definition) is 8. The molecule has 4 N–H and O–H groups in total. The molecule has 0 saturated carbocycles. The first kappa shape index (κ1) is 27.5. The molecule has 4 atom stereocenters. The number of aromatic nitrogens is 1. The zero-order chi connectivity index (χ0) is 26.7. The van der Waals surface area contributed by atoms with Crippen molar-refractivity contribution in [3.8, 4) is 10.4 Å². The Kier molecular flexibility index (Phi) is 8.84. The number of aliphatic hydroxyl groups excluding tert-OH is 2. The molecule has 2 aliphatic rings. The lowest BCUT2D eigenvalue weighted by molar-refractivity contribution is -0.142. The molecule has 0 bridgehead atoms. The minimum absolute atomic E-state index is 0.126. The number of likely N-dealkylation sites (tertiary alicyclic amines) is 1. The van der Waals surface area contributed by atoms with Crippen LogP contribution in [0.2, 0.25) is 0 Å². The Labute approximate surface area is 222 Å². The quantitative estimate of drug-likeness (QED) is 0.413. The highest BCUT2D eigenvalue weighted by Crippen LogP contribution is 2.35. The number of carbonyl (C=O) groups is 2. The monoisotopic (exact) mass is 529 g/mol. The van der Waals surface area contributed by atoms with Crippen molar-refractivity contribution in [2.24, 2.45) is 11.8 Å². The van der Waals surface area contributed by atoms with Gasteiger partial charge in [0.1, 0.15) is 6.04 Å². The lowest BCUT2D eigenvalue weighted by Crippen LogP contribution is -2.49. The van der Waals surface area contributed by atoms with Crippen LogP contribution in [0, 0.1) is 18.8 Å².